The third kappa shape index (κ3) is 4.11. The van der Waals surface area contributed by atoms with Crippen LogP contribution in [0.15, 0.2) is 30.5 Å². The summed E-state index contributed by atoms with van der Waals surface area (Å²) in [5.74, 6) is 0.381. The Balaban J connectivity index is 1.81. The van der Waals surface area contributed by atoms with Crippen molar-refractivity contribution in [3.63, 3.8) is 0 Å². The smallest absolute Gasteiger partial charge is 0.152 e. The summed E-state index contributed by atoms with van der Waals surface area (Å²) in [6.45, 7) is 5.13. The number of hydrogen-bond acceptors (Lipinski definition) is 6. The zero-order valence-corrected chi connectivity index (χ0v) is 16.2. The van der Waals surface area contributed by atoms with E-state index in [1.165, 1.54) is 5.56 Å². The fourth-order valence-electron chi connectivity index (χ4n) is 3.41. The number of aromatic nitrogens is 1. The van der Waals surface area contributed by atoms with E-state index in [2.05, 4.69) is 28.9 Å². The lowest BCUT2D eigenvalue weighted by Gasteiger charge is -2.36. The first-order valence-electron chi connectivity index (χ1n) is 8.40. The van der Waals surface area contributed by atoms with Crippen LogP contribution in [0, 0.1) is 6.92 Å². The van der Waals surface area contributed by atoms with Crippen LogP contribution in [-0.4, -0.2) is 53.6 Å². The van der Waals surface area contributed by atoms with Gasteiger partial charge in [0, 0.05) is 35.3 Å². The Kier molecular flexibility index (Phi) is 5.29. The predicted molar refractivity (Wildman–Crippen MR) is 101 cm³/mol. The quantitative estimate of drug-likeness (QED) is 0.834. The molecule has 3 rings (SSSR count). The topological polar surface area (TPSA) is 70.5 Å². The van der Waals surface area contributed by atoms with E-state index in [0.717, 1.165) is 15.4 Å². The van der Waals surface area contributed by atoms with Crippen LogP contribution < -0.4 is 0 Å². The second-order valence-corrected chi connectivity index (χ2v) is 10.2. The molecule has 1 fully saturated rings. The van der Waals surface area contributed by atoms with Crippen LogP contribution in [-0.2, 0) is 16.4 Å². The molecule has 0 saturated carbocycles. The molecule has 1 saturated heterocycles. The van der Waals surface area contributed by atoms with Crippen LogP contribution in [0.3, 0.4) is 0 Å². The van der Waals surface area contributed by atoms with Gasteiger partial charge in [-0.1, -0.05) is 24.3 Å². The van der Waals surface area contributed by atoms with Crippen molar-refractivity contribution in [2.45, 2.75) is 32.4 Å². The summed E-state index contributed by atoms with van der Waals surface area (Å²) < 4.78 is 23.9. The van der Waals surface area contributed by atoms with Crippen molar-refractivity contribution >= 4 is 21.2 Å². The molecule has 7 heteroatoms. The summed E-state index contributed by atoms with van der Waals surface area (Å²) in [6.07, 6.45) is 2.47. The van der Waals surface area contributed by atoms with Gasteiger partial charge in [-0.15, -0.1) is 11.3 Å². The highest BCUT2D eigenvalue weighted by Gasteiger charge is 2.42. The van der Waals surface area contributed by atoms with Crippen LogP contribution in [0.25, 0.3) is 10.6 Å². The summed E-state index contributed by atoms with van der Waals surface area (Å²) in [5.41, 5.74) is 1.89. The fraction of sp³-hybridized carbons (Fsp3) is 0.500. The number of thiazole rings is 1. The number of β-amino-alcohol motifs (C(OH)–C–C–N with tert-alkyl or cyclic N) is 1. The highest BCUT2D eigenvalue weighted by atomic mass is 32.2. The van der Waals surface area contributed by atoms with Gasteiger partial charge in [-0.05, 0) is 25.8 Å². The molecule has 25 heavy (non-hydrogen) atoms. The Labute approximate surface area is 153 Å². The van der Waals surface area contributed by atoms with Gasteiger partial charge >= 0.3 is 0 Å². The van der Waals surface area contributed by atoms with Crippen molar-refractivity contribution in [3.8, 4) is 10.6 Å². The number of aryl methyl sites for hydroxylation is 1. The van der Waals surface area contributed by atoms with Gasteiger partial charge in [-0.3, -0.25) is 4.90 Å². The Bertz CT molecular complexity index is 848. The molecule has 136 valence electrons. The average molecular weight is 381 g/mol. The van der Waals surface area contributed by atoms with Gasteiger partial charge < -0.3 is 5.11 Å². The van der Waals surface area contributed by atoms with Gasteiger partial charge in [0.1, 0.15) is 5.01 Å². The molecular weight excluding hydrogens is 356 g/mol. The third-order valence-electron chi connectivity index (χ3n) is 4.89. The first kappa shape index (κ1) is 18.5. The third-order valence-corrected chi connectivity index (χ3v) is 7.79. The standard InChI is InChI=1S/C18H24N2O3S2/c1-14-5-3-4-6-16(14)17-19-11-15(24-17)12-20(8-9-21)18(2)7-10-25(22,23)13-18/h3-6,11,21H,7-10,12-13H2,1-2H3. The van der Waals surface area contributed by atoms with Crippen molar-refractivity contribution in [3.05, 3.63) is 40.9 Å². The van der Waals surface area contributed by atoms with E-state index in [9.17, 15) is 13.5 Å². The minimum absolute atomic E-state index is 0.0130. The van der Waals surface area contributed by atoms with Crippen LogP contribution in [0.5, 0.6) is 0 Å². The molecule has 0 radical (unpaired) electrons. The lowest BCUT2D eigenvalue weighted by atomic mass is 9.99. The lowest BCUT2D eigenvalue weighted by Crippen LogP contribution is -2.48. The van der Waals surface area contributed by atoms with Crippen molar-refractivity contribution in [2.75, 3.05) is 24.7 Å². The fourth-order valence-corrected chi connectivity index (χ4v) is 6.60. The number of aliphatic hydroxyl groups excluding tert-OH is 1. The number of nitrogens with zero attached hydrogens (tertiary/aromatic N) is 2. The summed E-state index contributed by atoms with van der Waals surface area (Å²) >= 11 is 1.63. The maximum Gasteiger partial charge on any atom is 0.152 e. The molecule has 0 bridgehead atoms. The maximum atomic E-state index is 11.9. The molecule has 1 N–H and O–H groups in total. The molecule has 2 aromatic rings. The van der Waals surface area contributed by atoms with Crippen LogP contribution in [0.2, 0.25) is 0 Å². The normalized spacial score (nSPS) is 22.6. The van der Waals surface area contributed by atoms with Crippen LogP contribution >= 0.6 is 11.3 Å². The number of rotatable bonds is 6. The SMILES string of the molecule is Cc1ccccc1-c1ncc(CN(CCO)C2(C)CCS(=O)(=O)C2)s1. The molecule has 1 unspecified atom stereocenters. The largest absolute Gasteiger partial charge is 0.395 e. The molecule has 2 heterocycles. The van der Waals surface area contributed by atoms with E-state index < -0.39 is 15.4 Å². The van der Waals surface area contributed by atoms with E-state index in [1.807, 2.05) is 25.3 Å². The predicted octanol–water partition coefficient (Wildman–Crippen LogP) is 2.49. The summed E-state index contributed by atoms with van der Waals surface area (Å²) in [7, 11) is -2.99. The minimum atomic E-state index is -2.99. The molecule has 1 aromatic carbocycles. The van der Waals surface area contributed by atoms with Crippen LogP contribution in [0.1, 0.15) is 23.8 Å². The minimum Gasteiger partial charge on any atom is -0.395 e. The monoisotopic (exact) mass is 380 g/mol. The molecular formula is C18H24N2O3S2. The van der Waals surface area contributed by atoms with Crippen molar-refractivity contribution in [1.82, 2.24) is 9.88 Å². The lowest BCUT2D eigenvalue weighted by molar-refractivity contribution is 0.0910. The highest BCUT2D eigenvalue weighted by Crippen LogP contribution is 2.33. The van der Waals surface area contributed by atoms with Crippen molar-refractivity contribution in [1.29, 1.82) is 0 Å². The first-order valence-corrected chi connectivity index (χ1v) is 11.0. The van der Waals surface area contributed by atoms with Crippen LogP contribution in [0.4, 0.5) is 0 Å². The molecule has 5 nitrogen and oxygen atoms in total. The molecule has 1 aliphatic rings. The Morgan fingerprint density at radius 2 is 2.12 bits per heavy atom. The Hall–Kier alpha value is -1.28. The van der Waals surface area contributed by atoms with Gasteiger partial charge in [0.2, 0.25) is 0 Å². The van der Waals surface area contributed by atoms with E-state index in [-0.39, 0.29) is 18.1 Å². The Morgan fingerprint density at radius 3 is 2.76 bits per heavy atom. The number of sulfone groups is 1. The van der Waals surface area contributed by atoms with E-state index in [1.54, 1.807) is 11.3 Å². The van der Waals surface area contributed by atoms with Gasteiger partial charge in [0.25, 0.3) is 0 Å². The number of benzene rings is 1. The molecule has 1 aliphatic heterocycles. The molecule has 0 amide bonds. The summed E-state index contributed by atoms with van der Waals surface area (Å²) in [6, 6.07) is 8.15. The zero-order chi connectivity index (χ0) is 18.1. The first-order chi connectivity index (χ1) is 11.8. The second-order valence-electron chi connectivity index (χ2n) is 6.93. The van der Waals surface area contributed by atoms with E-state index in [0.29, 0.717) is 19.5 Å². The average Bonchev–Trinajstić information content (AvgIpc) is 3.12. The number of hydrogen-bond donors (Lipinski definition) is 1. The zero-order valence-electron chi connectivity index (χ0n) is 14.6. The summed E-state index contributed by atoms with van der Waals surface area (Å²) in [5, 5.41) is 10.4. The van der Waals surface area contributed by atoms with Gasteiger partial charge in [0.05, 0.1) is 18.1 Å². The van der Waals surface area contributed by atoms with Gasteiger partial charge in [0.15, 0.2) is 9.84 Å². The Morgan fingerprint density at radius 1 is 1.36 bits per heavy atom. The molecule has 0 spiro atoms. The van der Waals surface area contributed by atoms with Crippen molar-refractivity contribution in [2.24, 2.45) is 0 Å². The summed E-state index contributed by atoms with van der Waals surface area (Å²) in [4.78, 5) is 7.72. The number of aliphatic hydroxyl groups is 1. The van der Waals surface area contributed by atoms with E-state index >= 15 is 0 Å². The maximum absolute atomic E-state index is 11.9. The van der Waals surface area contributed by atoms with Gasteiger partial charge in [-0.2, -0.15) is 0 Å². The molecule has 1 aromatic heterocycles. The van der Waals surface area contributed by atoms with Crippen molar-refractivity contribution < 1.29 is 13.5 Å². The molecule has 0 aliphatic carbocycles. The van der Waals surface area contributed by atoms with Gasteiger partial charge in [-0.25, -0.2) is 13.4 Å². The van der Waals surface area contributed by atoms with E-state index in [4.69, 9.17) is 0 Å². The molecule has 1 atom stereocenters. The highest BCUT2D eigenvalue weighted by molar-refractivity contribution is 7.91. The second kappa shape index (κ2) is 7.15.